The van der Waals surface area contributed by atoms with E-state index < -0.39 is 6.03 Å². The van der Waals surface area contributed by atoms with Gasteiger partial charge in [-0.1, -0.05) is 11.6 Å². The summed E-state index contributed by atoms with van der Waals surface area (Å²) in [4.78, 5) is 10.9. The van der Waals surface area contributed by atoms with E-state index >= 15 is 0 Å². The first-order chi connectivity index (χ1) is 7.58. The van der Waals surface area contributed by atoms with E-state index in [1.807, 2.05) is 18.4 Å². The molecule has 0 atom stereocenters. The summed E-state index contributed by atoms with van der Waals surface area (Å²) in [6, 6.07) is 3.14. The molecule has 0 saturated heterocycles. The van der Waals surface area contributed by atoms with E-state index in [9.17, 15) is 4.79 Å². The number of halogens is 1. The molecule has 1 aromatic carbocycles. The normalized spacial score (nSPS) is 9.75. The number of nitrogens with one attached hydrogen (secondary N) is 2. The smallest absolute Gasteiger partial charge is 0.329 e. The number of hydrogen-bond acceptors (Lipinski definition) is 3. The molecule has 1 rings (SSSR count). The van der Waals surface area contributed by atoms with E-state index in [0.29, 0.717) is 17.3 Å². The largest absolute Gasteiger partial charge is 0.495 e. The first-order valence-corrected chi connectivity index (χ1v) is 5.03. The van der Waals surface area contributed by atoms with Crippen LogP contribution in [0.5, 0.6) is 5.75 Å². The first-order valence-electron chi connectivity index (χ1n) is 4.66. The van der Waals surface area contributed by atoms with Gasteiger partial charge in [0.25, 0.3) is 0 Å². The molecule has 2 amide bonds. The number of aryl methyl sites for hydroxylation is 1. The van der Waals surface area contributed by atoms with Crippen LogP contribution in [0.4, 0.5) is 4.79 Å². The zero-order chi connectivity index (χ0) is 12.1. The predicted molar refractivity (Wildman–Crippen MR) is 62.3 cm³/mol. The molecule has 16 heavy (non-hydrogen) atoms. The molecule has 0 radical (unpaired) electrons. The molecule has 5 nitrogen and oxygen atoms in total. The summed E-state index contributed by atoms with van der Waals surface area (Å²) in [5.74, 6) is 5.56. The molecule has 4 N–H and O–H groups in total. The van der Waals surface area contributed by atoms with Gasteiger partial charge in [0.1, 0.15) is 5.75 Å². The Labute approximate surface area is 98.9 Å². The van der Waals surface area contributed by atoms with Crippen molar-refractivity contribution in [2.24, 2.45) is 5.84 Å². The maximum Gasteiger partial charge on any atom is 0.329 e. The standard InChI is InChI=1S/C10H14ClN3O2/c1-6-3-9(16-2)8(11)4-7(6)5-13-10(15)14-12/h3-4H,5,12H2,1-2H3,(H2,13,14,15). The van der Waals surface area contributed by atoms with Gasteiger partial charge in [-0.15, -0.1) is 0 Å². The van der Waals surface area contributed by atoms with Gasteiger partial charge in [-0.3, -0.25) is 5.43 Å². The maximum absolute atomic E-state index is 10.9. The lowest BCUT2D eigenvalue weighted by Gasteiger charge is -2.10. The zero-order valence-corrected chi connectivity index (χ0v) is 9.89. The molecule has 0 aliphatic carbocycles. The third kappa shape index (κ3) is 3.01. The third-order valence-corrected chi connectivity index (χ3v) is 2.48. The van der Waals surface area contributed by atoms with E-state index in [1.165, 1.54) is 0 Å². The Morgan fingerprint density at radius 3 is 2.81 bits per heavy atom. The van der Waals surface area contributed by atoms with Crippen molar-refractivity contribution in [1.29, 1.82) is 0 Å². The third-order valence-electron chi connectivity index (χ3n) is 2.18. The summed E-state index contributed by atoms with van der Waals surface area (Å²) in [5, 5.41) is 3.09. The Morgan fingerprint density at radius 1 is 1.56 bits per heavy atom. The molecule has 0 aliphatic rings. The number of benzene rings is 1. The molecule has 6 heteroatoms. The van der Waals surface area contributed by atoms with E-state index in [-0.39, 0.29) is 0 Å². The van der Waals surface area contributed by atoms with Crippen LogP contribution in [0, 0.1) is 6.92 Å². The molecule has 1 aromatic rings. The van der Waals surface area contributed by atoms with Crippen LogP contribution in [-0.2, 0) is 6.54 Å². The minimum atomic E-state index is -0.439. The molecule has 0 aromatic heterocycles. The van der Waals surface area contributed by atoms with Crippen LogP contribution in [0.1, 0.15) is 11.1 Å². The minimum absolute atomic E-state index is 0.360. The van der Waals surface area contributed by atoms with Crippen molar-refractivity contribution in [3.63, 3.8) is 0 Å². The Hall–Kier alpha value is -1.46. The molecule has 0 fully saturated rings. The molecule has 88 valence electrons. The van der Waals surface area contributed by atoms with Crippen molar-refractivity contribution in [3.05, 3.63) is 28.3 Å². The van der Waals surface area contributed by atoms with Gasteiger partial charge < -0.3 is 10.1 Å². The summed E-state index contributed by atoms with van der Waals surface area (Å²) in [7, 11) is 1.56. The number of urea groups is 1. The fourth-order valence-electron chi connectivity index (χ4n) is 1.27. The number of carbonyl (C=O) groups excluding carboxylic acids is 1. The highest BCUT2D eigenvalue weighted by Crippen LogP contribution is 2.27. The Morgan fingerprint density at radius 2 is 2.25 bits per heavy atom. The second kappa shape index (κ2) is 5.58. The highest BCUT2D eigenvalue weighted by molar-refractivity contribution is 6.32. The van der Waals surface area contributed by atoms with Crippen molar-refractivity contribution in [2.75, 3.05) is 7.11 Å². The summed E-state index contributed by atoms with van der Waals surface area (Å²) in [6.07, 6.45) is 0. The number of carbonyl (C=O) groups is 1. The Bertz CT molecular complexity index is 396. The number of hydrogen-bond donors (Lipinski definition) is 3. The van der Waals surface area contributed by atoms with E-state index in [0.717, 1.165) is 11.1 Å². The van der Waals surface area contributed by atoms with Gasteiger partial charge in [0, 0.05) is 6.54 Å². The average Bonchev–Trinajstić information content (AvgIpc) is 2.29. The molecular formula is C10H14ClN3O2. The summed E-state index contributed by atoms with van der Waals surface area (Å²) in [5.41, 5.74) is 3.88. The maximum atomic E-state index is 10.9. The van der Waals surface area contributed by atoms with Crippen LogP contribution in [0.2, 0.25) is 5.02 Å². The van der Waals surface area contributed by atoms with Crippen LogP contribution in [0.25, 0.3) is 0 Å². The zero-order valence-electron chi connectivity index (χ0n) is 9.13. The average molecular weight is 244 g/mol. The van der Waals surface area contributed by atoms with Gasteiger partial charge in [-0.2, -0.15) is 0 Å². The number of amides is 2. The van der Waals surface area contributed by atoms with Crippen molar-refractivity contribution in [2.45, 2.75) is 13.5 Å². The van der Waals surface area contributed by atoms with Crippen LogP contribution < -0.4 is 21.3 Å². The quantitative estimate of drug-likeness (QED) is 0.426. The van der Waals surface area contributed by atoms with E-state index in [2.05, 4.69) is 5.32 Å². The summed E-state index contributed by atoms with van der Waals surface area (Å²) in [6.45, 7) is 2.27. The van der Waals surface area contributed by atoms with Crippen molar-refractivity contribution < 1.29 is 9.53 Å². The lowest BCUT2D eigenvalue weighted by molar-refractivity contribution is 0.241. The number of methoxy groups -OCH3 is 1. The van der Waals surface area contributed by atoms with Crippen LogP contribution in [-0.4, -0.2) is 13.1 Å². The molecule has 0 spiro atoms. The molecule has 0 unspecified atom stereocenters. The molecule has 0 saturated carbocycles. The van der Waals surface area contributed by atoms with Crippen LogP contribution in [0.15, 0.2) is 12.1 Å². The van der Waals surface area contributed by atoms with Gasteiger partial charge in [0.15, 0.2) is 0 Å². The second-order valence-corrected chi connectivity index (χ2v) is 3.65. The molecular weight excluding hydrogens is 230 g/mol. The minimum Gasteiger partial charge on any atom is -0.495 e. The van der Waals surface area contributed by atoms with E-state index in [1.54, 1.807) is 13.2 Å². The van der Waals surface area contributed by atoms with Crippen LogP contribution >= 0.6 is 11.6 Å². The highest BCUT2D eigenvalue weighted by atomic mass is 35.5. The molecule has 0 aliphatic heterocycles. The summed E-state index contributed by atoms with van der Waals surface area (Å²) < 4.78 is 5.08. The Balaban J connectivity index is 2.81. The Kier molecular flexibility index (Phi) is 4.39. The number of nitrogens with two attached hydrogens (primary N) is 1. The number of rotatable bonds is 3. The second-order valence-electron chi connectivity index (χ2n) is 3.24. The van der Waals surface area contributed by atoms with Gasteiger partial charge in [-0.25, -0.2) is 10.6 Å². The van der Waals surface area contributed by atoms with Gasteiger partial charge in [0.2, 0.25) is 0 Å². The highest BCUT2D eigenvalue weighted by Gasteiger charge is 2.07. The number of ether oxygens (including phenoxy) is 1. The molecule has 0 heterocycles. The molecule has 0 bridgehead atoms. The lowest BCUT2D eigenvalue weighted by atomic mass is 10.1. The number of hydrazine groups is 1. The first kappa shape index (κ1) is 12.6. The van der Waals surface area contributed by atoms with Crippen molar-refractivity contribution in [3.8, 4) is 5.75 Å². The van der Waals surface area contributed by atoms with Crippen molar-refractivity contribution >= 4 is 17.6 Å². The van der Waals surface area contributed by atoms with Gasteiger partial charge in [0.05, 0.1) is 12.1 Å². The predicted octanol–water partition coefficient (Wildman–Crippen LogP) is 1.33. The fourth-order valence-corrected chi connectivity index (χ4v) is 1.53. The lowest BCUT2D eigenvalue weighted by Crippen LogP contribution is -2.39. The van der Waals surface area contributed by atoms with E-state index in [4.69, 9.17) is 22.2 Å². The fraction of sp³-hybridized carbons (Fsp3) is 0.300. The topological polar surface area (TPSA) is 76.4 Å². The SMILES string of the molecule is COc1cc(C)c(CNC(=O)NN)cc1Cl. The van der Waals surface area contributed by atoms with Crippen LogP contribution in [0.3, 0.4) is 0 Å². The van der Waals surface area contributed by atoms with Gasteiger partial charge in [-0.05, 0) is 30.2 Å². The monoisotopic (exact) mass is 243 g/mol. The van der Waals surface area contributed by atoms with Crippen molar-refractivity contribution in [1.82, 2.24) is 10.7 Å². The van der Waals surface area contributed by atoms with Gasteiger partial charge >= 0.3 is 6.03 Å². The summed E-state index contributed by atoms with van der Waals surface area (Å²) >= 11 is 5.97.